The van der Waals surface area contributed by atoms with Crippen LogP contribution in [0.25, 0.3) is 28.0 Å². The van der Waals surface area contributed by atoms with Gasteiger partial charge in [-0.2, -0.15) is 0 Å². The summed E-state index contributed by atoms with van der Waals surface area (Å²) in [5.74, 6) is 0.629. The molecule has 2 aromatic carbocycles. The average molecular weight is 250 g/mol. The zero-order valence-corrected chi connectivity index (χ0v) is 10.7. The summed E-state index contributed by atoms with van der Waals surface area (Å²) in [5, 5.41) is 2.28. The Morgan fingerprint density at radius 3 is 2.74 bits per heavy atom. The minimum absolute atomic E-state index is 0.629. The van der Waals surface area contributed by atoms with Crippen LogP contribution in [0.5, 0.6) is 0 Å². The molecule has 3 rings (SSSR count). The van der Waals surface area contributed by atoms with Crippen molar-refractivity contribution in [3.63, 3.8) is 0 Å². The van der Waals surface area contributed by atoms with Gasteiger partial charge in [0.05, 0.1) is 7.11 Å². The van der Waals surface area contributed by atoms with Crippen molar-refractivity contribution in [2.45, 2.75) is 0 Å². The largest absolute Gasteiger partial charge is 0.497 e. The van der Waals surface area contributed by atoms with E-state index in [1.807, 2.05) is 36.4 Å². The molecule has 1 heterocycles. The van der Waals surface area contributed by atoms with Gasteiger partial charge in [-0.1, -0.05) is 36.9 Å². The summed E-state index contributed by atoms with van der Waals surface area (Å²) in [4.78, 5) is 0. The average Bonchev–Trinajstić information content (AvgIpc) is 2.82. The fraction of sp³-hybridized carbons (Fsp3) is 0.0588. The smallest absolute Gasteiger partial charge is 0.136 e. The highest BCUT2D eigenvalue weighted by Crippen LogP contribution is 2.29. The van der Waals surface area contributed by atoms with Gasteiger partial charge >= 0.3 is 0 Å². The topological polar surface area (TPSA) is 22.4 Å². The van der Waals surface area contributed by atoms with Gasteiger partial charge in [-0.15, -0.1) is 0 Å². The number of allylic oxidation sites excluding steroid dienone is 1. The second kappa shape index (κ2) is 4.65. The molecule has 0 saturated carbocycles. The summed E-state index contributed by atoms with van der Waals surface area (Å²) < 4.78 is 10.8. The Balaban J connectivity index is 2.08. The van der Waals surface area contributed by atoms with Crippen molar-refractivity contribution in [3.8, 4) is 0 Å². The first-order valence-electron chi connectivity index (χ1n) is 6.10. The number of hydrogen-bond acceptors (Lipinski definition) is 2. The van der Waals surface area contributed by atoms with Crippen LogP contribution in [0, 0.1) is 0 Å². The molecule has 2 heteroatoms. The molecular formula is C17H14O2. The fourth-order valence-corrected chi connectivity index (χ4v) is 2.10. The van der Waals surface area contributed by atoms with Gasteiger partial charge < -0.3 is 9.15 Å². The van der Waals surface area contributed by atoms with Crippen LogP contribution in [0.2, 0.25) is 0 Å². The number of fused-ring (bicyclic) bond motifs is 3. The summed E-state index contributed by atoms with van der Waals surface area (Å²) in [6.07, 6.45) is 3.79. The first kappa shape index (κ1) is 11.6. The van der Waals surface area contributed by atoms with Crippen molar-refractivity contribution in [2.24, 2.45) is 0 Å². The molecule has 94 valence electrons. The molecule has 0 spiro atoms. The van der Waals surface area contributed by atoms with Crippen LogP contribution in [-0.2, 0) is 4.74 Å². The lowest BCUT2D eigenvalue weighted by Crippen LogP contribution is -1.77. The van der Waals surface area contributed by atoms with Crippen LogP contribution in [0.1, 0.15) is 5.56 Å². The lowest BCUT2D eigenvalue weighted by molar-refractivity contribution is 0.309. The van der Waals surface area contributed by atoms with Crippen molar-refractivity contribution in [3.05, 3.63) is 66.4 Å². The van der Waals surface area contributed by atoms with Gasteiger partial charge in [-0.3, -0.25) is 0 Å². The minimum atomic E-state index is 0.629. The van der Waals surface area contributed by atoms with Crippen molar-refractivity contribution in [1.29, 1.82) is 0 Å². The highest BCUT2D eigenvalue weighted by Gasteiger charge is 2.05. The first-order chi connectivity index (χ1) is 9.28. The van der Waals surface area contributed by atoms with E-state index in [1.54, 1.807) is 7.11 Å². The number of methoxy groups -OCH3 is 1. The fourth-order valence-electron chi connectivity index (χ4n) is 2.10. The first-order valence-corrected chi connectivity index (χ1v) is 6.10. The molecule has 0 fully saturated rings. The van der Waals surface area contributed by atoms with Gasteiger partial charge in [0.15, 0.2) is 0 Å². The molecule has 0 aliphatic heterocycles. The molecule has 0 atom stereocenters. The third-order valence-electron chi connectivity index (χ3n) is 3.13. The molecule has 0 aliphatic rings. The number of ether oxygens (including phenoxy) is 1. The van der Waals surface area contributed by atoms with Crippen molar-refractivity contribution in [1.82, 2.24) is 0 Å². The molecule has 0 radical (unpaired) electrons. The predicted molar refractivity (Wildman–Crippen MR) is 78.9 cm³/mol. The SMILES string of the molecule is C=C(/C=C/c1ccc2c(c1)oc1ccccc12)OC. The lowest BCUT2D eigenvalue weighted by atomic mass is 10.1. The van der Waals surface area contributed by atoms with Gasteiger partial charge in [0.2, 0.25) is 0 Å². The maximum absolute atomic E-state index is 5.84. The summed E-state index contributed by atoms with van der Waals surface area (Å²) in [6.45, 7) is 3.75. The number of rotatable bonds is 3. The maximum atomic E-state index is 5.84. The molecule has 0 unspecified atom stereocenters. The highest BCUT2D eigenvalue weighted by atomic mass is 16.5. The summed E-state index contributed by atoms with van der Waals surface area (Å²) in [6, 6.07) is 14.2. The van der Waals surface area contributed by atoms with E-state index in [2.05, 4.69) is 24.8 Å². The second-order valence-electron chi connectivity index (χ2n) is 4.36. The van der Waals surface area contributed by atoms with E-state index in [0.29, 0.717) is 5.76 Å². The number of benzene rings is 2. The Labute approximate surface area is 111 Å². The van der Waals surface area contributed by atoms with E-state index in [0.717, 1.165) is 27.5 Å². The predicted octanol–water partition coefficient (Wildman–Crippen LogP) is 4.76. The summed E-state index contributed by atoms with van der Waals surface area (Å²) >= 11 is 0. The zero-order chi connectivity index (χ0) is 13.2. The molecule has 2 nitrogen and oxygen atoms in total. The van der Waals surface area contributed by atoms with Crippen LogP contribution in [0.3, 0.4) is 0 Å². The van der Waals surface area contributed by atoms with E-state index in [-0.39, 0.29) is 0 Å². The molecule has 0 bridgehead atoms. The molecule has 0 amide bonds. The van der Waals surface area contributed by atoms with Crippen LogP contribution in [-0.4, -0.2) is 7.11 Å². The van der Waals surface area contributed by atoms with Crippen molar-refractivity contribution < 1.29 is 9.15 Å². The normalized spacial score (nSPS) is 11.4. The summed E-state index contributed by atoms with van der Waals surface area (Å²) in [7, 11) is 1.61. The zero-order valence-electron chi connectivity index (χ0n) is 10.7. The van der Waals surface area contributed by atoms with Gasteiger partial charge in [0.25, 0.3) is 0 Å². The number of para-hydroxylation sites is 1. The second-order valence-corrected chi connectivity index (χ2v) is 4.36. The van der Waals surface area contributed by atoms with E-state index in [1.165, 1.54) is 0 Å². The Morgan fingerprint density at radius 1 is 1.11 bits per heavy atom. The van der Waals surface area contributed by atoms with Gasteiger partial charge in [0.1, 0.15) is 16.9 Å². The van der Waals surface area contributed by atoms with E-state index in [9.17, 15) is 0 Å². The van der Waals surface area contributed by atoms with Gasteiger partial charge in [0, 0.05) is 10.8 Å². The molecule has 1 aromatic heterocycles. The quantitative estimate of drug-likeness (QED) is 0.494. The Bertz CT molecular complexity index is 778. The Morgan fingerprint density at radius 2 is 1.89 bits per heavy atom. The minimum Gasteiger partial charge on any atom is -0.497 e. The molecular weight excluding hydrogens is 236 g/mol. The molecule has 19 heavy (non-hydrogen) atoms. The highest BCUT2D eigenvalue weighted by molar-refractivity contribution is 6.05. The van der Waals surface area contributed by atoms with Gasteiger partial charge in [-0.05, 0) is 29.8 Å². The van der Waals surface area contributed by atoms with Crippen LogP contribution >= 0.6 is 0 Å². The van der Waals surface area contributed by atoms with Crippen molar-refractivity contribution in [2.75, 3.05) is 7.11 Å². The third kappa shape index (κ3) is 2.13. The van der Waals surface area contributed by atoms with Crippen LogP contribution < -0.4 is 0 Å². The van der Waals surface area contributed by atoms with Crippen LogP contribution in [0.4, 0.5) is 0 Å². The van der Waals surface area contributed by atoms with E-state index < -0.39 is 0 Å². The summed E-state index contributed by atoms with van der Waals surface area (Å²) in [5.41, 5.74) is 2.87. The standard InChI is InChI=1S/C17H14O2/c1-12(18-2)7-8-13-9-10-15-14-5-3-4-6-16(14)19-17(15)11-13/h3-11H,1H2,2H3/b8-7+. The molecule has 0 saturated heterocycles. The van der Waals surface area contributed by atoms with Crippen LogP contribution in [0.15, 0.2) is 65.3 Å². The molecule has 0 N–H and O–H groups in total. The monoisotopic (exact) mass is 250 g/mol. The van der Waals surface area contributed by atoms with Crippen molar-refractivity contribution >= 4 is 28.0 Å². The van der Waals surface area contributed by atoms with E-state index in [4.69, 9.17) is 9.15 Å². The lowest BCUT2D eigenvalue weighted by Gasteiger charge is -1.96. The molecule has 3 aromatic rings. The Kier molecular flexibility index (Phi) is 2.84. The third-order valence-corrected chi connectivity index (χ3v) is 3.13. The number of furan rings is 1. The van der Waals surface area contributed by atoms with E-state index >= 15 is 0 Å². The Hall–Kier alpha value is -2.48. The van der Waals surface area contributed by atoms with Gasteiger partial charge in [-0.25, -0.2) is 0 Å². The molecule has 0 aliphatic carbocycles. The maximum Gasteiger partial charge on any atom is 0.136 e. The number of hydrogen-bond donors (Lipinski definition) is 0.